The predicted octanol–water partition coefficient (Wildman–Crippen LogP) is 3.84. The van der Waals surface area contributed by atoms with Crippen LogP contribution in [0.1, 0.15) is 56.9 Å². The third-order valence-corrected chi connectivity index (χ3v) is 5.39. The topological polar surface area (TPSA) is 50.9 Å². The minimum absolute atomic E-state index is 0.690. The van der Waals surface area contributed by atoms with Gasteiger partial charge in [0, 0.05) is 12.1 Å². The summed E-state index contributed by atoms with van der Waals surface area (Å²) in [7, 11) is 0. The molecule has 0 aromatic carbocycles. The molecular weight excluding hydrogens is 242 g/mol. The lowest BCUT2D eigenvalue weighted by molar-refractivity contribution is 0.269. The van der Waals surface area contributed by atoms with Crippen molar-refractivity contribution in [2.75, 3.05) is 17.6 Å². The Morgan fingerprint density at radius 3 is 2.78 bits per heavy atom. The molecule has 0 spiro atoms. The lowest BCUT2D eigenvalue weighted by Crippen LogP contribution is -2.24. The van der Waals surface area contributed by atoms with Gasteiger partial charge in [0.15, 0.2) is 0 Å². The zero-order valence-electron chi connectivity index (χ0n) is 11.1. The molecule has 3 nitrogen and oxygen atoms in total. The number of anilines is 2. The fourth-order valence-electron chi connectivity index (χ4n) is 3.12. The highest BCUT2D eigenvalue weighted by Gasteiger charge is 2.31. The normalized spacial score (nSPS) is 28.3. The van der Waals surface area contributed by atoms with Crippen molar-refractivity contribution >= 4 is 22.4 Å². The van der Waals surface area contributed by atoms with Crippen LogP contribution in [0.5, 0.6) is 0 Å². The number of nitrogens with zero attached hydrogens (tertiary/aromatic N) is 1. The maximum Gasteiger partial charge on any atom is 0.142 e. The molecule has 0 aliphatic heterocycles. The Balaban J connectivity index is 1.62. The first-order valence-electron chi connectivity index (χ1n) is 7.24. The second-order valence-electron chi connectivity index (χ2n) is 5.99. The maximum atomic E-state index is 5.98. The quantitative estimate of drug-likeness (QED) is 0.869. The van der Waals surface area contributed by atoms with E-state index in [1.165, 1.54) is 49.1 Å². The van der Waals surface area contributed by atoms with Gasteiger partial charge in [-0.15, -0.1) is 0 Å². The minimum Gasteiger partial charge on any atom is -0.383 e. The molecule has 2 aliphatic carbocycles. The van der Waals surface area contributed by atoms with E-state index >= 15 is 0 Å². The van der Waals surface area contributed by atoms with Gasteiger partial charge in [-0.05, 0) is 48.5 Å². The molecule has 100 valence electrons. The first kappa shape index (κ1) is 12.3. The van der Waals surface area contributed by atoms with E-state index in [2.05, 4.69) is 16.6 Å². The van der Waals surface area contributed by atoms with Crippen molar-refractivity contribution in [1.82, 2.24) is 4.37 Å². The number of nitrogen functional groups attached to an aromatic ring is 1. The van der Waals surface area contributed by atoms with Crippen LogP contribution < -0.4 is 11.1 Å². The Hall–Kier alpha value is -0.770. The van der Waals surface area contributed by atoms with Crippen LogP contribution in [0.4, 0.5) is 10.8 Å². The third-order valence-electron chi connectivity index (χ3n) is 4.56. The molecule has 1 heterocycles. The minimum atomic E-state index is 0.690. The first-order chi connectivity index (χ1) is 8.75. The van der Waals surface area contributed by atoms with Crippen molar-refractivity contribution in [2.24, 2.45) is 11.8 Å². The summed E-state index contributed by atoms with van der Waals surface area (Å²) >= 11 is 1.55. The zero-order valence-corrected chi connectivity index (χ0v) is 11.9. The van der Waals surface area contributed by atoms with Crippen molar-refractivity contribution in [3.63, 3.8) is 0 Å². The summed E-state index contributed by atoms with van der Waals surface area (Å²) in [5.41, 5.74) is 7.29. The van der Waals surface area contributed by atoms with E-state index in [4.69, 9.17) is 5.73 Å². The van der Waals surface area contributed by atoms with Gasteiger partial charge in [0.2, 0.25) is 0 Å². The second kappa shape index (κ2) is 5.08. The molecule has 3 N–H and O–H groups in total. The highest BCUT2D eigenvalue weighted by Crippen LogP contribution is 2.47. The SMILES string of the molecule is CC1CCCCC1CNc1snc(N)c1C1CC1. The Kier molecular flexibility index (Phi) is 3.46. The molecule has 0 bridgehead atoms. The van der Waals surface area contributed by atoms with Crippen LogP contribution >= 0.6 is 11.5 Å². The summed E-state index contributed by atoms with van der Waals surface area (Å²) in [5, 5.41) is 4.87. The largest absolute Gasteiger partial charge is 0.383 e. The van der Waals surface area contributed by atoms with Crippen molar-refractivity contribution in [3.8, 4) is 0 Å². The molecule has 1 aromatic rings. The van der Waals surface area contributed by atoms with E-state index in [-0.39, 0.29) is 0 Å². The van der Waals surface area contributed by atoms with Crippen LogP contribution in [0.25, 0.3) is 0 Å². The van der Waals surface area contributed by atoms with Crippen LogP contribution in [0.15, 0.2) is 0 Å². The third kappa shape index (κ3) is 2.48. The van der Waals surface area contributed by atoms with E-state index in [1.807, 2.05) is 0 Å². The second-order valence-corrected chi connectivity index (χ2v) is 6.76. The Labute approximate surface area is 113 Å². The highest BCUT2D eigenvalue weighted by molar-refractivity contribution is 7.10. The highest BCUT2D eigenvalue weighted by atomic mass is 32.1. The number of nitrogens with two attached hydrogens (primary N) is 1. The summed E-state index contributed by atoms with van der Waals surface area (Å²) < 4.78 is 4.32. The van der Waals surface area contributed by atoms with Crippen LogP contribution in [0.2, 0.25) is 0 Å². The van der Waals surface area contributed by atoms with Gasteiger partial charge in [-0.1, -0.05) is 26.2 Å². The molecule has 0 radical (unpaired) electrons. The Bertz CT molecular complexity index is 411. The molecule has 2 saturated carbocycles. The fraction of sp³-hybridized carbons (Fsp3) is 0.786. The molecule has 2 fully saturated rings. The van der Waals surface area contributed by atoms with Gasteiger partial charge in [-0.2, -0.15) is 4.37 Å². The average molecular weight is 265 g/mol. The van der Waals surface area contributed by atoms with Crippen LogP contribution in [-0.2, 0) is 0 Å². The van der Waals surface area contributed by atoms with Crippen LogP contribution in [0, 0.1) is 11.8 Å². The molecule has 2 unspecified atom stereocenters. The van der Waals surface area contributed by atoms with E-state index in [9.17, 15) is 0 Å². The lowest BCUT2D eigenvalue weighted by Gasteiger charge is -2.29. The standard InChI is InChI=1S/C14H23N3S/c1-9-4-2-3-5-11(9)8-16-14-12(10-6-7-10)13(15)17-18-14/h9-11,16H,2-8H2,1H3,(H2,15,17). The maximum absolute atomic E-state index is 5.98. The monoisotopic (exact) mass is 265 g/mol. The van der Waals surface area contributed by atoms with Crippen molar-refractivity contribution in [1.29, 1.82) is 0 Å². The van der Waals surface area contributed by atoms with Gasteiger partial charge >= 0.3 is 0 Å². The molecule has 3 rings (SSSR count). The van der Waals surface area contributed by atoms with Gasteiger partial charge in [-0.3, -0.25) is 0 Å². The fourth-order valence-corrected chi connectivity index (χ4v) is 3.93. The smallest absolute Gasteiger partial charge is 0.142 e. The number of hydrogen-bond acceptors (Lipinski definition) is 4. The summed E-state index contributed by atoms with van der Waals surface area (Å²) in [5.74, 6) is 3.15. The van der Waals surface area contributed by atoms with Gasteiger partial charge in [-0.25, -0.2) is 0 Å². The molecule has 4 heteroatoms. The summed E-state index contributed by atoms with van der Waals surface area (Å²) in [6.45, 7) is 3.50. The zero-order chi connectivity index (χ0) is 12.5. The van der Waals surface area contributed by atoms with Gasteiger partial charge in [0.1, 0.15) is 10.8 Å². The number of aromatic nitrogens is 1. The van der Waals surface area contributed by atoms with Crippen LogP contribution in [0.3, 0.4) is 0 Å². The van der Waals surface area contributed by atoms with E-state index in [1.54, 1.807) is 11.5 Å². The van der Waals surface area contributed by atoms with E-state index in [0.29, 0.717) is 5.92 Å². The average Bonchev–Trinajstić information content (AvgIpc) is 3.13. The Morgan fingerprint density at radius 1 is 1.28 bits per heavy atom. The molecule has 1 aromatic heterocycles. The van der Waals surface area contributed by atoms with Crippen molar-refractivity contribution in [3.05, 3.63) is 5.56 Å². The Morgan fingerprint density at radius 2 is 2.06 bits per heavy atom. The molecule has 18 heavy (non-hydrogen) atoms. The number of rotatable bonds is 4. The molecule has 0 saturated heterocycles. The first-order valence-corrected chi connectivity index (χ1v) is 8.02. The molecule has 2 aliphatic rings. The van der Waals surface area contributed by atoms with Gasteiger partial charge in [0.05, 0.1) is 0 Å². The van der Waals surface area contributed by atoms with Crippen molar-refractivity contribution < 1.29 is 0 Å². The molecule has 2 atom stereocenters. The number of nitrogens with one attached hydrogen (secondary N) is 1. The van der Waals surface area contributed by atoms with Gasteiger partial charge < -0.3 is 11.1 Å². The summed E-state index contributed by atoms with van der Waals surface area (Å²) in [6.07, 6.45) is 8.16. The lowest BCUT2D eigenvalue weighted by atomic mass is 9.80. The molecule has 0 amide bonds. The van der Waals surface area contributed by atoms with E-state index in [0.717, 1.165) is 24.2 Å². The summed E-state index contributed by atoms with van der Waals surface area (Å²) in [4.78, 5) is 0. The van der Waals surface area contributed by atoms with E-state index < -0.39 is 0 Å². The summed E-state index contributed by atoms with van der Waals surface area (Å²) in [6, 6.07) is 0. The number of hydrogen-bond donors (Lipinski definition) is 2. The van der Waals surface area contributed by atoms with Crippen molar-refractivity contribution in [2.45, 2.75) is 51.4 Å². The van der Waals surface area contributed by atoms with Crippen LogP contribution in [-0.4, -0.2) is 10.9 Å². The van der Waals surface area contributed by atoms with Gasteiger partial charge in [0.25, 0.3) is 0 Å². The predicted molar refractivity (Wildman–Crippen MR) is 78.1 cm³/mol. The molecular formula is C14H23N3S.